The first-order chi connectivity index (χ1) is 11.1. The largest absolute Gasteiger partial charge is 0.348 e. The number of aromatic nitrogens is 2. The third-order valence-electron chi connectivity index (χ3n) is 3.59. The van der Waals surface area contributed by atoms with Gasteiger partial charge in [0.25, 0.3) is 0 Å². The first-order valence-corrected chi connectivity index (χ1v) is 9.55. The average Bonchev–Trinajstić information content (AvgIpc) is 2.52. The summed E-state index contributed by atoms with van der Waals surface area (Å²) in [5.41, 5.74) is 3.09. The highest BCUT2D eigenvalue weighted by molar-refractivity contribution is 7.99. The number of nitrogens with zero attached hydrogens (tertiary/aromatic N) is 2. The molecule has 0 bridgehead atoms. The zero-order valence-electron chi connectivity index (χ0n) is 13.2. The summed E-state index contributed by atoms with van der Waals surface area (Å²) in [5, 5.41) is 3.81. The van der Waals surface area contributed by atoms with Gasteiger partial charge in [0.05, 0.1) is 11.8 Å². The van der Waals surface area contributed by atoms with Gasteiger partial charge in [0.15, 0.2) is 5.16 Å². The Morgan fingerprint density at radius 1 is 1.30 bits per heavy atom. The number of fused-ring (bicyclic) bond motifs is 1. The van der Waals surface area contributed by atoms with Crippen molar-refractivity contribution in [3.8, 4) is 0 Å². The van der Waals surface area contributed by atoms with Gasteiger partial charge in [0, 0.05) is 22.0 Å². The van der Waals surface area contributed by atoms with Crippen LogP contribution in [0.5, 0.6) is 0 Å². The third kappa shape index (κ3) is 4.26. The molecule has 0 saturated carbocycles. The van der Waals surface area contributed by atoms with E-state index in [4.69, 9.17) is 0 Å². The summed E-state index contributed by atoms with van der Waals surface area (Å²) in [4.78, 5) is 22.3. The standard InChI is InChI=1S/C17H19N3OS2/c1-11-9-12(2)19-17(18-11)23-10-16(21)20-14-7-8-22-15-6-4-3-5-13(14)15/h3-6,9,14H,7-8,10H2,1-2H3,(H,20,21)/t14-/m0/s1. The maximum Gasteiger partial charge on any atom is 0.230 e. The maximum atomic E-state index is 12.3. The van der Waals surface area contributed by atoms with Gasteiger partial charge in [0.1, 0.15) is 0 Å². The van der Waals surface area contributed by atoms with Gasteiger partial charge in [-0.1, -0.05) is 30.0 Å². The van der Waals surface area contributed by atoms with E-state index in [0.717, 1.165) is 23.6 Å². The second-order valence-electron chi connectivity index (χ2n) is 5.52. The molecule has 4 nitrogen and oxygen atoms in total. The normalized spacial score (nSPS) is 16.7. The van der Waals surface area contributed by atoms with Gasteiger partial charge in [-0.2, -0.15) is 0 Å². The molecule has 0 unspecified atom stereocenters. The smallest absolute Gasteiger partial charge is 0.230 e. The van der Waals surface area contributed by atoms with Crippen LogP contribution in [0.4, 0.5) is 0 Å². The monoisotopic (exact) mass is 345 g/mol. The Kier molecular flexibility index (Phi) is 5.23. The lowest BCUT2D eigenvalue weighted by Crippen LogP contribution is -2.31. The van der Waals surface area contributed by atoms with Crippen molar-refractivity contribution in [2.24, 2.45) is 0 Å². The molecule has 1 aliphatic rings. The van der Waals surface area contributed by atoms with E-state index >= 15 is 0 Å². The van der Waals surface area contributed by atoms with Crippen LogP contribution in [0.15, 0.2) is 40.4 Å². The predicted molar refractivity (Wildman–Crippen MR) is 94.9 cm³/mol. The summed E-state index contributed by atoms with van der Waals surface area (Å²) in [6.07, 6.45) is 0.970. The highest BCUT2D eigenvalue weighted by Crippen LogP contribution is 2.35. The molecule has 1 aromatic carbocycles. The topological polar surface area (TPSA) is 54.9 Å². The molecule has 0 radical (unpaired) electrons. The third-order valence-corrected chi connectivity index (χ3v) is 5.56. The van der Waals surface area contributed by atoms with Crippen molar-refractivity contribution in [2.75, 3.05) is 11.5 Å². The Balaban J connectivity index is 1.60. The molecule has 1 aromatic heterocycles. The number of nitrogens with one attached hydrogen (secondary N) is 1. The average molecular weight is 345 g/mol. The van der Waals surface area contributed by atoms with Gasteiger partial charge >= 0.3 is 0 Å². The lowest BCUT2D eigenvalue weighted by molar-refractivity contribution is -0.119. The molecule has 0 fully saturated rings. The van der Waals surface area contributed by atoms with Gasteiger partial charge in [-0.05, 0) is 38.0 Å². The summed E-state index contributed by atoms with van der Waals surface area (Å²) in [6.45, 7) is 3.88. The van der Waals surface area contributed by atoms with E-state index in [2.05, 4.69) is 27.4 Å². The number of benzene rings is 1. The molecule has 23 heavy (non-hydrogen) atoms. The van der Waals surface area contributed by atoms with Crippen molar-refractivity contribution in [3.63, 3.8) is 0 Å². The van der Waals surface area contributed by atoms with Crippen LogP contribution in [0, 0.1) is 13.8 Å². The molecule has 1 atom stereocenters. The van der Waals surface area contributed by atoms with Crippen LogP contribution in [0.2, 0.25) is 0 Å². The fourth-order valence-corrected chi connectivity index (χ4v) is 4.50. The lowest BCUT2D eigenvalue weighted by Gasteiger charge is -2.25. The van der Waals surface area contributed by atoms with Gasteiger partial charge < -0.3 is 5.32 Å². The van der Waals surface area contributed by atoms with Crippen LogP contribution in [-0.2, 0) is 4.79 Å². The summed E-state index contributed by atoms with van der Waals surface area (Å²) >= 11 is 3.24. The van der Waals surface area contributed by atoms with Crippen LogP contribution in [0.3, 0.4) is 0 Å². The van der Waals surface area contributed by atoms with Gasteiger partial charge in [-0.25, -0.2) is 9.97 Å². The van der Waals surface area contributed by atoms with Gasteiger partial charge in [0.2, 0.25) is 5.91 Å². The summed E-state index contributed by atoms with van der Waals surface area (Å²) in [5.74, 6) is 1.41. The Bertz CT molecular complexity index is 700. The van der Waals surface area contributed by atoms with E-state index in [1.54, 1.807) is 0 Å². The van der Waals surface area contributed by atoms with Crippen LogP contribution in [0.25, 0.3) is 0 Å². The number of hydrogen-bond acceptors (Lipinski definition) is 5. The number of amides is 1. The molecule has 1 aliphatic heterocycles. The van der Waals surface area contributed by atoms with Crippen molar-refractivity contribution < 1.29 is 4.79 Å². The first kappa shape index (κ1) is 16.3. The molecule has 0 saturated heterocycles. The van der Waals surface area contributed by atoms with E-state index in [-0.39, 0.29) is 11.9 Å². The van der Waals surface area contributed by atoms with Crippen molar-refractivity contribution in [3.05, 3.63) is 47.3 Å². The molecule has 2 aromatic rings. The Morgan fingerprint density at radius 3 is 2.83 bits per heavy atom. The molecular formula is C17H19N3OS2. The van der Waals surface area contributed by atoms with Crippen LogP contribution >= 0.6 is 23.5 Å². The van der Waals surface area contributed by atoms with E-state index < -0.39 is 0 Å². The van der Waals surface area contributed by atoms with E-state index in [1.807, 2.05) is 43.8 Å². The highest BCUT2D eigenvalue weighted by atomic mass is 32.2. The summed E-state index contributed by atoms with van der Waals surface area (Å²) in [6, 6.07) is 10.3. The number of aryl methyl sites for hydroxylation is 2. The van der Waals surface area contributed by atoms with E-state index in [9.17, 15) is 4.79 Å². The Morgan fingerprint density at radius 2 is 2.04 bits per heavy atom. The summed E-state index contributed by atoms with van der Waals surface area (Å²) < 4.78 is 0. The lowest BCUT2D eigenvalue weighted by atomic mass is 10.0. The van der Waals surface area contributed by atoms with Crippen molar-refractivity contribution in [2.45, 2.75) is 36.4 Å². The number of carbonyl (C=O) groups excluding carboxylic acids is 1. The molecule has 6 heteroatoms. The van der Waals surface area contributed by atoms with E-state index in [0.29, 0.717) is 10.9 Å². The minimum absolute atomic E-state index is 0.0319. The van der Waals surface area contributed by atoms with Gasteiger partial charge in [-0.3, -0.25) is 4.79 Å². The van der Waals surface area contributed by atoms with Crippen molar-refractivity contribution >= 4 is 29.4 Å². The second-order valence-corrected chi connectivity index (χ2v) is 7.60. The van der Waals surface area contributed by atoms with E-state index in [1.165, 1.54) is 22.2 Å². The Labute approximate surface area is 144 Å². The van der Waals surface area contributed by atoms with Crippen LogP contribution < -0.4 is 5.32 Å². The Hall–Kier alpha value is -1.53. The first-order valence-electron chi connectivity index (χ1n) is 7.58. The minimum Gasteiger partial charge on any atom is -0.348 e. The molecule has 1 amide bonds. The summed E-state index contributed by atoms with van der Waals surface area (Å²) in [7, 11) is 0. The van der Waals surface area contributed by atoms with Crippen molar-refractivity contribution in [1.82, 2.24) is 15.3 Å². The SMILES string of the molecule is Cc1cc(C)nc(SCC(=O)N[C@H]2CCSc3ccccc32)n1. The number of rotatable bonds is 4. The zero-order chi connectivity index (χ0) is 16.2. The van der Waals surface area contributed by atoms with Crippen LogP contribution in [0.1, 0.15) is 29.4 Å². The fraction of sp³-hybridized carbons (Fsp3) is 0.353. The van der Waals surface area contributed by atoms with Crippen LogP contribution in [-0.4, -0.2) is 27.4 Å². The molecule has 2 heterocycles. The molecule has 120 valence electrons. The maximum absolute atomic E-state index is 12.3. The predicted octanol–water partition coefficient (Wildman–Crippen LogP) is 3.54. The molecular weight excluding hydrogens is 326 g/mol. The number of thioether (sulfide) groups is 2. The fourth-order valence-electron chi connectivity index (χ4n) is 2.62. The quantitative estimate of drug-likeness (QED) is 0.678. The minimum atomic E-state index is 0.0319. The molecule has 3 rings (SSSR count). The molecule has 0 aliphatic carbocycles. The zero-order valence-corrected chi connectivity index (χ0v) is 14.8. The second kappa shape index (κ2) is 7.36. The molecule has 0 spiro atoms. The van der Waals surface area contributed by atoms with Gasteiger partial charge in [-0.15, -0.1) is 11.8 Å². The number of hydrogen-bond donors (Lipinski definition) is 1. The molecule has 1 N–H and O–H groups in total. The number of carbonyl (C=O) groups is 1. The highest BCUT2D eigenvalue weighted by Gasteiger charge is 2.21. The van der Waals surface area contributed by atoms with Crippen molar-refractivity contribution in [1.29, 1.82) is 0 Å².